The summed E-state index contributed by atoms with van der Waals surface area (Å²) in [5.74, 6) is -0.346. The number of carbonyl (C=O) groups excluding carboxylic acids is 1. The van der Waals surface area contributed by atoms with Gasteiger partial charge in [-0.1, -0.05) is 71.6 Å². The van der Waals surface area contributed by atoms with Crippen LogP contribution in [0.15, 0.2) is 102 Å². The number of hydrazine groups is 1. The van der Waals surface area contributed by atoms with E-state index in [1.165, 1.54) is 31.2 Å². The minimum absolute atomic E-state index is 0.0676. The third-order valence-electron chi connectivity index (χ3n) is 6.79. The molecule has 0 fully saturated rings. The lowest BCUT2D eigenvalue weighted by molar-refractivity contribution is -0.140. The number of carbonyl (C=O) groups is 1. The first kappa shape index (κ1) is 25.5. The van der Waals surface area contributed by atoms with Crippen LogP contribution in [0.5, 0.6) is 0 Å². The maximum Gasteiger partial charge on any atom is 0.282 e. The molecule has 1 atom stereocenters. The maximum atomic E-state index is 13.5. The predicted molar refractivity (Wildman–Crippen MR) is 151 cm³/mol. The number of hydrogen-bond acceptors (Lipinski definition) is 7. The summed E-state index contributed by atoms with van der Waals surface area (Å²) in [6.07, 6.45) is 2.01. The van der Waals surface area contributed by atoms with E-state index in [0.29, 0.717) is 11.0 Å². The van der Waals surface area contributed by atoms with Crippen molar-refractivity contribution in [2.24, 2.45) is 0 Å². The van der Waals surface area contributed by atoms with Gasteiger partial charge in [0.2, 0.25) is 10.0 Å². The van der Waals surface area contributed by atoms with Crippen molar-refractivity contribution in [2.45, 2.75) is 10.9 Å². The monoisotopic (exact) mass is 554 g/mol. The SMILES string of the molecule is CN(C)S(=O)(=O)c1ccc2nnn(OCC(=O)N3NC(c4ccc5ccccc5c4)=C[C@H]3c3ccccc3)c2c1. The van der Waals surface area contributed by atoms with Crippen molar-refractivity contribution in [1.82, 2.24) is 29.9 Å². The molecule has 5 aromatic rings. The smallest absolute Gasteiger partial charge is 0.282 e. The minimum Gasteiger partial charge on any atom is -0.385 e. The van der Waals surface area contributed by atoms with Crippen LogP contribution >= 0.6 is 0 Å². The number of benzene rings is 4. The molecule has 2 heterocycles. The van der Waals surface area contributed by atoms with Gasteiger partial charge < -0.3 is 4.84 Å². The van der Waals surface area contributed by atoms with E-state index in [1.807, 2.05) is 54.6 Å². The second-order valence-corrected chi connectivity index (χ2v) is 11.7. The zero-order chi connectivity index (χ0) is 27.9. The van der Waals surface area contributed by atoms with Crippen molar-refractivity contribution in [3.63, 3.8) is 0 Å². The quantitative estimate of drug-likeness (QED) is 0.328. The average Bonchev–Trinajstić information content (AvgIpc) is 3.61. The summed E-state index contributed by atoms with van der Waals surface area (Å²) >= 11 is 0. The molecule has 11 heteroatoms. The van der Waals surface area contributed by atoms with Gasteiger partial charge in [-0.3, -0.25) is 10.2 Å². The van der Waals surface area contributed by atoms with Crippen LogP contribution in [0.25, 0.3) is 27.5 Å². The third kappa shape index (κ3) is 4.65. The van der Waals surface area contributed by atoms with E-state index in [0.717, 1.165) is 36.7 Å². The molecule has 1 aliphatic heterocycles. The first-order valence-corrected chi connectivity index (χ1v) is 14.0. The molecule has 202 valence electrons. The Kier molecular flexibility index (Phi) is 6.45. The predicted octanol–water partition coefficient (Wildman–Crippen LogP) is 3.39. The molecule has 6 rings (SSSR count). The summed E-state index contributed by atoms with van der Waals surface area (Å²) in [4.78, 5) is 20.4. The number of rotatable bonds is 7. The summed E-state index contributed by atoms with van der Waals surface area (Å²) in [5, 5.41) is 11.8. The highest BCUT2D eigenvalue weighted by Gasteiger charge is 2.31. The van der Waals surface area contributed by atoms with E-state index in [2.05, 4.69) is 40.0 Å². The molecule has 0 saturated carbocycles. The van der Waals surface area contributed by atoms with Crippen LogP contribution in [-0.2, 0) is 14.8 Å². The summed E-state index contributed by atoms with van der Waals surface area (Å²) in [6, 6.07) is 28.0. The Hall–Kier alpha value is -4.74. The van der Waals surface area contributed by atoms with Gasteiger partial charge in [0.15, 0.2) is 6.61 Å². The van der Waals surface area contributed by atoms with Gasteiger partial charge in [-0.2, -0.15) is 0 Å². The zero-order valence-electron chi connectivity index (χ0n) is 21.8. The normalized spacial score (nSPS) is 15.4. The van der Waals surface area contributed by atoms with Gasteiger partial charge in [-0.15, -0.1) is 5.10 Å². The van der Waals surface area contributed by atoms with Crippen LogP contribution in [0.3, 0.4) is 0 Å². The van der Waals surface area contributed by atoms with E-state index < -0.39 is 10.0 Å². The van der Waals surface area contributed by atoms with Crippen LogP contribution in [0.2, 0.25) is 0 Å². The fraction of sp³-hybridized carbons (Fsp3) is 0.138. The number of hydrogen-bond donors (Lipinski definition) is 1. The van der Waals surface area contributed by atoms with E-state index in [4.69, 9.17) is 4.84 Å². The lowest BCUT2D eigenvalue weighted by Gasteiger charge is -2.25. The molecular weight excluding hydrogens is 528 g/mol. The van der Waals surface area contributed by atoms with Gasteiger partial charge in [0.25, 0.3) is 5.91 Å². The number of fused-ring (bicyclic) bond motifs is 2. The molecule has 10 nitrogen and oxygen atoms in total. The van der Waals surface area contributed by atoms with Crippen LogP contribution in [0.1, 0.15) is 17.2 Å². The van der Waals surface area contributed by atoms with Gasteiger partial charge in [0.1, 0.15) is 11.0 Å². The molecule has 0 bridgehead atoms. The van der Waals surface area contributed by atoms with Crippen molar-refractivity contribution in [3.05, 3.63) is 108 Å². The molecule has 4 aromatic carbocycles. The van der Waals surface area contributed by atoms with Gasteiger partial charge >= 0.3 is 0 Å². The Morgan fingerprint density at radius 3 is 2.48 bits per heavy atom. The van der Waals surface area contributed by atoms with E-state index in [-0.39, 0.29) is 23.5 Å². The highest BCUT2D eigenvalue weighted by atomic mass is 32.2. The lowest BCUT2D eigenvalue weighted by Crippen LogP contribution is -2.43. The number of amides is 1. The summed E-state index contributed by atoms with van der Waals surface area (Å²) in [7, 11) is -0.765. The zero-order valence-corrected chi connectivity index (χ0v) is 22.6. The molecule has 40 heavy (non-hydrogen) atoms. The van der Waals surface area contributed by atoms with Gasteiger partial charge in [-0.05, 0) is 57.5 Å². The van der Waals surface area contributed by atoms with Gasteiger partial charge in [0.05, 0.1) is 16.6 Å². The summed E-state index contributed by atoms with van der Waals surface area (Å²) in [5.41, 5.74) is 6.72. The van der Waals surface area contributed by atoms with Crippen LogP contribution in [0, 0.1) is 0 Å². The Balaban J connectivity index is 1.26. The molecule has 1 aliphatic rings. The minimum atomic E-state index is -3.67. The Bertz CT molecular complexity index is 1870. The molecule has 1 N–H and O–H groups in total. The van der Waals surface area contributed by atoms with E-state index >= 15 is 0 Å². The Labute approximate surface area is 231 Å². The first-order chi connectivity index (χ1) is 19.3. The Morgan fingerprint density at radius 2 is 1.70 bits per heavy atom. The molecule has 0 unspecified atom stereocenters. The standard InChI is InChI=1S/C29H26N6O4S/c1-33(2)40(37,38)24-14-15-25-28(17-24)35(32-30-25)39-19-29(36)34-27(21-9-4-3-5-10-21)18-26(31-34)23-13-12-20-8-6-7-11-22(20)16-23/h3-18,27,31H,19H2,1-2H3/t27-/m0/s1. The van der Waals surface area contributed by atoms with Crippen LogP contribution in [-0.4, -0.2) is 59.5 Å². The molecule has 0 saturated heterocycles. The highest BCUT2D eigenvalue weighted by Crippen LogP contribution is 2.32. The highest BCUT2D eigenvalue weighted by molar-refractivity contribution is 7.89. The third-order valence-corrected chi connectivity index (χ3v) is 8.60. The number of nitrogens with zero attached hydrogens (tertiary/aromatic N) is 5. The second-order valence-electron chi connectivity index (χ2n) is 9.55. The molecule has 1 aromatic heterocycles. The molecule has 0 radical (unpaired) electrons. The van der Waals surface area contributed by atoms with Crippen LogP contribution < -0.4 is 10.3 Å². The summed E-state index contributed by atoms with van der Waals surface area (Å²) in [6.45, 7) is -0.363. The second kappa shape index (κ2) is 10.1. The lowest BCUT2D eigenvalue weighted by atomic mass is 10.0. The largest absolute Gasteiger partial charge is 0.385 e. The fourth-order valence-electron chi connectivity index (χ4n) is 4.63. The summed E-state index contributed by atoms with van der Waals surface area (Å²) < 4.78 is 26.3. The average molecular weight is 555 g/mol. The van der Waals surface area contributed by atoms with E-state index in [1.54, 1.807) is 6.07 Å². The van der Waals surface area contributed by atoms with Crippen molar-refractivity contribution < 1.29 is 18.0 Å². The molecule has 0 spiro atoms. The van der Waals surface area contributed by atoms with Crippen LogP contribution in [0.4, 0.5) is 0 Å². The van der Waals surface area contributed by atoms with Crippen molar-refractivity contribution >= 4 is 43.4 Å². The number of nitrogens with one attached hydrogen (secondary N) is 1. The fourth-order valence-corrected chi connectivity index (χ4v) is 5.55. The molecular formula is C29H26N6O4S. The first-order valence-electron chi connectivity index (χ1n) is 12.6. The van der Waals surface area contributed by atoms with Gasteiger partial charge in [0, 0.05) is 14.1 Å². The van der Waals surface area contributed by atoms with Crippen molar-refractivity contribution in [3.8, 4) is 0 Å². The number of aromatic nitrogens is 3. The maximum absolute atomic E-state index is 13.5. The van der Waals surface area contributed by atoms with E-state index in [9.17, 15) is 13.2 Å². The number of sulfonamides is 1. The topological polar surface area (TPSA) is 110 Å². The Morgan fingerprint density at radius 1 is 0.950 bits per heavy atom. The van der Waals surface area contributed by atoms with Gasteiger partial charge in [-0.25, -0.2) is 17.7 Å². The molecule has 1 amide bonds. The van der Waals surface area contributed by atoms with Crippen molar-refractivity contribution in [1.29, 1.82) is 0 Å². The molecule has 0 aliphatic carbocycles. The van der Waals surface area contributed by atoms with Crippen molar-refractivity contribution in [2.75, 3.05) is 20.7 Å².